The van der Waals surface area contributed by atoms with Crippen molar-refractivity contribution in [3.8, 4) is 0 Å². The Morgan fingerprint density at radius 1 is 1.00 bits per heavy atom. The normalized spacial score (nSPS) is 11.8. The topological polar surface area (TPSA) is 72.2 Å². The van der Waals surface area contributed by atoms with Crippen molar-refractivity contribution in [1.82, 2.24) is 4.72 Å². The zero-order chi connectivity index (χ0) is 17.8. The molecule has 2 rings (SSSR count). The molecule has 3 N–H and O–H groups in total. The highest BCUT2D eigenvalue weighted by molar-refractivity contribution is 7.88. The summed E-state index contributed by atoms with van der Waals surface area (Å²) in [6.07, 6.45) is -4.04. The van der Waals surface area contributed by atoms with Crippen molar-refractivity contribution in [3.05, 3.63) is 65.2 Å². The predicted molar refractivity (Wildman–Crippen MR) is 93.9 cm³/mol. The summed E-state index contributed by atoms with van der Waals surface area (Å²) in [5, 5.41) is 0. The number of nitrogen functional groups attached to an aromatic ring is 1. The largest absolute Gasteiger partial charge is 0.416 e. The van der Waals surface area contributed by atoms with Gasteiger partial charge in [-0.15, -0.1) is 12.4 Å². The Bertz CT molecular complexity index is 794. The van der Waals surface area contributed by atoms with E-state index in [1.165, 1.54) is 12.1 Å². The van der Waals surface area contributed by atoms with Crippen molar-refractivity contribution in [2.75, 3.05) is 12.3 Å². The van der Waals surface area contributed by atoms with Gasteiger partial charge in [0.15, 0.2) is 0 Å². The van der Waals surface area contributed by atoms with Crippen molar-refractivity contribution >= 4 is 28.1 Å². The average Bonchev–Trinajstić information content (AvgIpc) is 2.48. The van der Waals surface area contributed by atoms with Crippen LogP contribution in [0.2, 0.25) is 0 Å². The first-order chi connectivity index (χ1) is 11.2. The predicted octanol–water partition coefficient (Wildman–Crippen LogP) is 3.37. The minimum Gasteiger partial charge on any atom is -0.399 e. The molecule has 0 aliphatic heterocycles. The second-order valence-corrected chi connectivity index (χ2v) is 7.15. The third kappa shape index (κ3) is 6.93. The van der Waals surface area contributed by atoms with Crippen LogP contribution in [0.3, 0.4) is 0 Å². The molecule has 0 bridgehead atoms. The maximum Gasteiger partial charge on any atom is 0.416 e. The molecule has 0 saturated carbocycles. The van der Waals surface area contributed by atoms with Gasteiger partial charge in [0, 0.05) is 12.2 Å². The van der Waals surface area contributed by atoms with E-state index in [2.05, 4.69) is 4.72 Å². The average molecular weight is 395 g/mol. The Kier molecular flexibility index (Phi) is 7.28. The van der Waals surface area contributed by atoms with Gasteiger partial charge in [-0.25, -0.2) is 13.1 Å². The Hall–Kier alpha value is -1.77. The number of sulfonamides is 1. The van der Waals surface area contributed by atoms with Crippen LogP contribution in [-0.2, 0) is 28.4 Å². The van der Waals surface area contributed by atoms with Gasteiger partial charge in [-0.05, 0) is 35.7 Å². The zero-order valence-electron chi connectivity index (χ0n) is 13.1. The van der Waals surface area contributed by atoms with Gasteiger partial charge in [0.2, 0.25) is 10.0 Å². The molecule has 0 amide bonds. The Labute approximate surface area is 150 Å². The third-order valence-electron chi connectivity index (χ3n) is 3.33. The lowest BCUT2D eigenvalue weighted by molar-refractivity contribution is -0.137. The minimum absolute atomic E-state index is 0. The van der Waals surface area contributed by atoms with Crippen LogP contribution in [0.15, 0.2) is 48.5 Å². The van der Waals surface area contributed by atoms with E-state index in [9.17, 15) is 21.6 Å². The lowest BCUT2D eigenvalue weighted by atomic mass is 10.1. The van der Waals surface area contributed by atoms with Gasteiger partial charge >= 0.3 is 6.18 Å². The number of halogens is 4. The number of nitrogens with two attached hydrogens (primary N) is 1. The minimum atomic E-state index is -4.50. The van der Waals surface area contributed by atoms with E-state index >= 15 is 0 Å². The molecular formula is C16H18ClF3N2O2S. The first-order valence-electron chi connectivity index (χ1n) is 7.14. The van der Waals surface area contributed by atoms with Gasteiger partial charge in [-0.2, -0.15) is 13.2 Å². The molecule has 2 aromatic rings. The maximum atomic E-state index is 12.6. The summed E-state index contributed by atoms with van der Waals surface area (Å²) in [5.41, 5.74) is 6.31. The lowest BCUT2D eigenvalue weighted by Crippen LogP contribution is -2.27. The third-order valence-corrected chi connectivity index (χ3v) is 4.68. The van der Waals surface area contributed by atoms with Crippen molar-refractivity contribution in [2.45, 2.75) is 18.3 Å². The van der Waals surface area contributed by atoms with E-state index in [1.807, 2.05) is 0 Å². The number of hydrogen-bond acceptors (Lipinski definition) is 3. The van der Waals surface area contributed by atoms with Crippen LogP contribution in [0.25, 0.3) is 0 Å². The molecule has 2 aromatic carbocycles. The number of alkyl halides is 3. The van der Waals surface area contributed by atoms with Crippen LogP contribution in [0, 0.1) is 0 Å². The van der Waals surface area contributed by atoms with Gasteiger partial charge < -0.3 is 5.73 Å². The number of hydrogen-bond donors (Lipinski definition) is 2. The summed E-state index contributed by atoms with van der Waals surface area (Å²) in [5.74, 6) is -0.501. The first-order valence-corrected chi connectivity index (χ1v) is 8.79. The van der Waals surface area contributed by atoms with Crippen LogP contribution in [0.5, 0.6) is 0 Å². The van der Waals surface area contributed by atoms with Gasteiger partial charge in [-0.1, -0.05) is 30.3 Å². The Morgan fingerprint density at radius 2 is 1.64 bits per heavy atom. The molecule has 0 atom stereocenters. The highest BCUT2D eigenvalue weighted by atomic mass is 35.5. The Morgan fingerprint density at radius 3 is 2.24 bits per heavy atom. The van der Waals surface area contributed by atoms with Gasteiger partial charge in [0.1, 0.15) is 0 Å². The summed E-state index contributed by atoms with van der Waals surface area (Å²) in [6.45, 7) is 0.158. The second-order valence-electron chi connectivity index (χ2n) is 5.34. The molecule has 4 nitrogen and oxygen atoms in total. The molecule has 0 saturated heterocycles. The molecule has 25 heavy (non-hydrogen) atoms. The number of nitrogens with one attached hydrogen (secondary N) is 1. The lowest BCUT2D eigenvalue weighted by Gasteiger charge is -2.10. The quantitative estimate of drug-likeness (QED) is 0.738. The van der Waals surface area contributed by atoms with Gasteiger partial charge in [0.05, 0.1) is 11.3 Å². The van der Waals surface area contributed by atoms with Crippen LogP contribution in [0.1, 0.15) is 16.7 Å². The van der Waals surface area contributed by atoms with E-state index in [1.54, 1.807) is 24.3 Å². The smallest absolute Gasteiger partial charge is 0.399 e. The standard InChI is InChI=1S/C16H17F3N2O2S.ClH/c17-16(18,19)14-3-1-2-13(10-14)11-24(22,23)21-9-8-12-4-6-15(20)7-5-12;/h1-7,10,21H,8-9,11,20H2;1H. The molecule has 9 heteroatoms. The van der Waals surface area contributed by atoms with Crippen molar-refractivity contribution in [1.29, 1.82) is 0 Å². The SMILES string of the molecule is Cl.Nc1ccc(CCNS(=O)(=O)Cc2cccc(C(F)(F)F)c2)cc1. The van der Waals surface area contributed by atoms with Crippen molar-refractivity contribution < 1.29 is 21.6 Å². The van der Waals surface area contributed by atoms with E-state index in [4.69, 9.17) is 5.73 Å². The summed E-state index contributed by atoms with van der Waals surface area (Å²) < 4.78 is 64.3. The molecule has 0 aliphatic carbocycles. The summed E-state index contributed by atoms with van der Waals surface area (Å²) >= 11 is 0. The molecular weight excluding hydrogens is 377 g/mol. The number of benzene rings is 2. The van der Waals surface area contributed by atoms with E-state index < -0.39 is 27.5 Å². The van der Waals surface area contributed by atoms with Crippen molar-refractivity contribution in [2.24, 2.45) is 0 Å². The maximum absolute atomic E-state index is 12.6. The van der Waals surface area contributed by atoms with Crippen molar-refractivity contribution in [3.63, 3.8) is 0 Å². The fourth-order valence-corrected chi connectivity index (χ4v) is 3.28. The Balaban J connectivity index is 0.00000312. The summed E-state index contributed by atoms with van der Waals surface area (Å²) in [6, 6.07) is 11.3. The first kappa shape index (κ1) is 21.3. The molecule has 0 spiro atoms. The molecule has 0 unspecified atom stereocenters. The van der Waals surface area contributed by atoms with E-state index in [0.29, 0.717) is 12.1 Å². The second kappa shape index (κ2) is 8.55. The number of rotatable bonds is 6. The molecule has 0 aromatic heterocycles. The van der Waals surface area contributed by atoms with Crippen LogP contribution in [0.4, 0.5) is 18.9 Å². The van der Waals surface area contributed by atoms with Crippen LogP contribution in [-0.4, -0.2) is 15.0 Å². The van der Waals surface area contributed by atoms with E-state index in [-0.39, 0.29) is 24.5 Å². The van der Waals surface area contributed by atoms with Crippen LogP contribution >= 0.6 is 12.4 Å². The molecule has 0 aliphatic rings. The number of anilines is 1. The van der Waals surface area contributed by atoms with E-state index in [0.717, 1.165) is 17.7 Å². The zero-order valence-corrected chi connectivity index (χ0v) is 14.7. The summed E-state index contributed by atoms with van der Waals surface area (Å²) in [4.78, 5) is 0. The van der Waals surface area contributed by atoms with Gasteiger partial charge in [0.25, 0.3) is 0 Å². The molecule has 138 valence electrons. The fraction of sp³-hybridized carbons (Fsp3) is 0.250. The highest BCUT2D eigenvalue weighted by Gasteiger charge is 2.30. The fourth-order valence-electron chi connectivity index (χ4n) is 2.14. The molecule has 0 radical (unpaired) electrons. The van der Waals surface area contributed by atoms with Crippen LogP contribution < -0.4 is 10.5 Å². The summed E-state index contributed by atoms with van der Waals surface area (Å²) in [7, 11) is -3.72. The van der Waals surface area contributed by atoms with Gasteiger partial charge in [-0.3, -0.25) is 0 Å². The monoisotopic (exact) mass is 394 g/mol. The molecule has 0 fully saturated rings. The highest BCUT2D eigenvalue weighted by Crippen LogP contribution is 2.29. The molecule has 0 heterocycles.